The summed E-state index contributed by atoms with van der Waals surface area (Å²) < 4.78 is 2.39. The molecule has 0 saturated heterocycles. The lowest BCUT2D eigenvalue weighted by Gasteiger charge is -2.03. The van der Waals surface area contributed by atoms with Crippen molar-refractivity contribution in [1.82, 2.24) is 9.78 Å². The molecule has 0 radical (unpaired) electrons. The molecule has 0 aliphatic rings. The molecule has 0 amide bonds. The summed E-state index contributed by atoms with van der Waals surface area (Å²) in [5, 5.41) is 17.8. The standard InChI is InChI=1S/C11H11BrN4O2/c1-15-7-10(16(17)18)11(14-15)13-6-8-3-2-4-9(12)5-8/h2-5,7H,6H2,1H3,(H,13,14). The number of hydrogen-bond acceptors (Lipinski definition) is 4. The number of rotatable bonds is 4. The molecule has 1 N–H and O–H groups in total. The minimum Gasteiger partial charge on any atom is -0.359 e. The van der Waals surface area contributed by atoms with Gasteiger partial charge in [-0.2, -0.15) is 0 Å². The van der Waals surface area contributed by atoms with Crippen molar-refractivity contribution < 1.29 is 4.92 Å². The zero-order chi connectivity index (χ0) is 13.1. The highest BCUT2D eigenvalue weighted by atomic mass is 79.9. The van der Waals surface area contributed by atoms with Crippen molar-refractivity contribution in [3.05, 3.63) is 50.6 Å². The van der Waals surface area contributed by atoms with Gasteiger partial charge in [-0.1, -0.05) is 28.1 Å². The Morgan fingerprint density at radius 3 is 3.00 bits per heavy atom. The zero-order valence-corrected chi connectivity index (χ0v) is 11.2. The number of nitrogens with zero attached hydrogens (tertiary/aromatic N) is 3. The van der Waals surface area contributed by atoms with Crippen LogP contribution in [0.2, 0.25) is 0 Å². The topological polar surface area (TPSA) is 73.0 Å². The maximum absolute atomic E-state index is 10.8. The molecular formula is C11H11BrN4O2. The van der Waals surface area contributed by atoms with Gasteiger partial charge in [0.25, 0.3) is 0 Å². The monoisotopic (exact) mass is 310 g/mol. The largest absolute Gasteiger partial charge is 0.359 e. The number of anilines is 1. The van der Waals surface area contributed by atoms with E-state index in [1.807, 2.05) is 24.3 Å². The summed E-state index contributed by atoms with van der Waals surface area (Å²) in [4.78, 5) is 10.4. The molecule has 0 aliphatic carbocycles. The Balaban J connectivity index is 2.13. The van der Waals surface area contributed by atoms with E-state index in [-0.39, 0.29) is 11.5 Å². The average Bonchev–Trinajstić information content (AvgIpc) is 2.68. The second-order valence-electron chi connectivity index (χ2n) is 3.78. The number of halogens is 1. The van der Waals surface area contributed by atoms with Gasteiger partial charge in [-0.15, -0.1) is 5.10 Å². The van der Waals surface area contributed by atoms with Crippen LogP contribution in [-0.4, -0.2) is 14.7 Å². The molecule has 94 valence electrons. The molecule has 6 nitrogen and oxygen atoms in total. The molecule has 2 rings (SSSR count). The zero-order valence-electron chi connectivity index (χ0n) is 9.63. The van der Waals surface area contributed by atoms with Crippen molar-refractivity contribution in [2.75, 3.05) is 5.32 Å². The van der Waals surface area contributed by atoms with Crippen molar-refractivity contribution in [2.24, 2.45) is 7.05 Å². The number of benzene rings is 1. The third-order valence-corrected chi connectivity index (χ3v) is 2.85. The molecule has 1 aromatic carbocycles. The van der Waals surface area contributed by atoms with Gasteiger partial charge in [0.15, 0.2) is 0 Å². The van der Waals surface area contributed by atoms with Crippen LogP contribution in [0, 0.1) is 10.1 Å². The first-order chi connectivity index (χ1) is 8.56. The average molecular weight is 311 g/mol. The van der Waals surface area contributed by atoms with E-state index in [0.29, 0.717) is 6.54 Å². The van der Waals surface area contributed by atoms with Gasteiger partial charge in [0.1, 0.15) is 6.20 Å². The van der Waals surface area contributed by atoms with Crippen molar-refractivity contribution in [2.45, 2.75) is 6.54 Å². The van der Waals surface area contributed by atoms with Gasteiger partial charge in [0.2, 0.25) is 5.82 Å². The van der Waals surface area contributed by atoms with Gasteiger partial charge in [-0.25, -0.2) is 0 Å². The predicted octanol–water partition coefficient (Wildman–Crippen LogP) is 2.70. The van der Waals surface area contributed by atoms with Crippen LogP contribution >= 0.6 is 15.9 Å². The summed E-state index contributed by atoms with van der Waals surface area (Å²) in [6, 6.07) is 7.72. The molecule has 0 bridgehead atoms. The van der Waals surface area contributed by atoms with E-state index >= 15 is 0 Å². The fourth-order valence-corrected chi connectivity index (χ4v) is 2.01. The molecule has 0 atom stereocenters. The smallest absolute Gasteiger partial charge is 0.330 e. The van der Waals surface area contributed by atoms with E-state index in [2.05, 4.69) is 26.3 Å². The highest BCUT2D eigenvalue weighted by molar-refractivity contribution is 9.10. The highest BCUT2D eigenvalue weighted by Gasteiger charge is 2.17. The third kappa shape index (κ3) is 2.86. The fourth-order valence-electron chi connectivity index (χ4n) is 1.57. The molecule has 0 unspecified atom stereocenters. The number of aryl methyl sites for hydroxylation is 1. The van der Waals surface area contributed by atoms with Gasteiger partial charge in [-0.3, -0.25) is 14.8 Å². The van der Waals surface area contributed by atoms with Crippen molar-refractivity contribution >= 4 is 27.4 Å². The summed E-state index contributed by atoms with van der Waals surface area (Å²) in [6.45, 7) is 0.483. The predicted molar refractivity (Wildman–Crippen MR) is 71.3 cm³/mol. The fraction of sp³-hybridized carbons (Fsp3) is 0.182. The number of nitrogens with one attached hydrogen (secondary N) is 1. The quantitative estimate of drug-likeness (QED) is 0.696. The van der Waals surface area contributed by atoms with Gasteiger partial charge >= 0.3 is 5.69 Å². The second kappa shape index (κ2) is 5.18. The molecule has 1 heterocycles. The molecule has 0 aliphatic heterocycles. The van der Waals surface area contributed by atoms with Crippen molar-refractivity contribution in [1.29, 1.82) is 0 Å². The first-order valence-corrected chi connectivity index (χ1v) is 6.02. The van der Waals surface area contributed by atoms with Crippen LogP contribution in [0.25, 0.3) is 0 Å². The summed E-state index contributed by atoms with van der Waals surface area (Å²) in [5.74, 6) is 0.280. The van der Waals surface area contributed by atoms with E-state index in [9.17, 15) is 10.1 Å². The Morgan fingerprint density at radius 2 is 2.33 bits per heavy atom. The first-order valence-electron chi connectivity index (χ1n) is 5.22. The van der Waals surface area contributed by atoms with Crippen LogP contribution in [0.4, 0.5) is 11.5 Å². The van der Waals surface area contributed by atoms with Crippen molar-refractivity contribution in [3.63, 3.8) is 0 Å². The van der Waals surface area contributed by atoms with Crippen LogP contribution in [0.3, 0.4) is 0 Å². The first kappa shape index (κ1) is 12.6. The van der Waals surface area contributed by atoms with Crippen LogP contribution in [0.15, 0.2) is 34.9 Å². The number of aromatic nitrogens is 2. The molecule has 2 aromatic rings. The van der Waals surface area contributed by atoms with Crippen LogP contribution < -0.4 is 5.32 Å². The second-order valence-corrected chi connectivity index (χ2v) is 4.69. The Morgan fingerprint density at radius 1 is 1.56 bits per heavy atom. The Bertz CT molecular complexity index is 582. The Kier molecular flexibility index (Phi) is 3.61. The lowest BCUT2D eigenvalue weighted by Crippen LogP contribution is -2.02. The van der Waals surface area contributed by atoms with Crippen molar-refractivity contribution in [3.8, 4) is 0 Å². The SMILES string of the molecule is Cn1cc([N+](=O)[O-])c(NCc2cccc(Br)c2)n1. The van der Waals surface area contributed by atoms with E-state index in [1.165, 1.54) is 10.9 Å². The van der Waals surface area contributed by atoms with Crippen LogP contribution in [0.5, 0.6) is 0 Å². The summed E-state index contributed by atoms with van der Waals surface area (Å²) in [7, 11) is 1.65. The normalized spacial score (nSPS) is 10.3. The lowest BCUT2D eigenvalue weighted by atomic mass is 10.2. The Hall–Kier alpha value is -1.89. The molecule has 0 saturated carbocycles. The third-order valence-electron chi connectivity index (χ3n) is 2.36. The molecule has 18 heavy (non-hydrogen) atoms. The maximum atomic E-state index is 10.8. The van der Waals surface area contributed by atoms with Crippen LogP contribution in [0.1, 0.15) is 5.56 Å². The van der Waals surface area contributed by atoms with E-state index in [0.717, 1.165) is 10.0 Å². The van der Waals surface area contributed by atoms with Gasteiger partial charge < -0.3 is 5.32 Å². The number of nitro groups is 1. The maximum Gasteiger partial charge on any atom is 0.330 e. The molecule has 1 aromatic heterocycles. The summed E-state index contributed by atoms with van der Waals surface area (Å²) in [6.07, 6.45) is 1.38. The summed E-state index contributed by atoms with van der Waals surface area (Å²) >= 11 is 3.37. The molecule has 0 spiro atoms. The molecule has 0 fully saturated rings. The highest BCUT2D eigenvalue weighted by Crippen LogP contribution is 2.22. The summed E-state index contributed by atoms with van der Waals surface area (Å²) in [5.41, 5.74) is 0.997. The van der Waals surface area contributed by atoms with E-state index < -0.39 is 4.92 Å². The lowest BCUT2D eigenvalue weighted by molar-refractivity contribution is -0.384. The van der Waals surface area contributed by atoms with Crippen LogP contribution in [-0.2, 0) is 13.6 Å². The van der Waals surface area contributed by atoms with Gasteiger partial charge in [-0.05, 0) is 17.7 Å². The van der Waals surface area contributed by atoms with E-state index in [4.69, 9.17) is 0 Å². The molecular weight excluding hydrogens is 300 g/mol. The minimum atomic E-state index is -0.448. The number of hydrogen-bond donors (Lipinski definition) is 1. The Labute approximate surface area is 112 Å². The molecule has 7 heteroatoms. The van der Waals surface area contributed by atoms with Gasteiger partial charge in [0, 0.05) is 18.1 Å². The van der Waals surface area contributed by atoms with Gasteiger partial charge in [0.05, 0.1) is 4.92 Å². The van der Waals surface area contributed by atoms with E-state index in [1.54, 1.807) is 7.05 Å². The minimum absolute atomic E-state index is 0.0208.